The molecule has 124 valence electrons. The highest BCUT2D eigenvalue weighted by atomic mass is 32.2. The summed E-state index contributed by atoms with van der Waals surface area (Å²) in [5.41, 5.74) is 1.06. The normalized spacial score (nSPS) is 16.7. The number of hydrogen-bond donors (Lipinski definition) is 0. The molecule has 0 spiro atoms. The van der Waals surface area contributed by atoms with Gasteiger partial charge in [-0.1, -0.05) is 0 Å². The molecule has 0 saturated carbocycles. The summed E-state index contributed by atoms with van der Waals surface area (Å²) in [4.78, 5) is 14.3. The highest BCUT2D eigenvalue weighted by Crippen LogP contribution is 2.29. The Bertz CT molecular complexity index is 835. The molecular weight excluding hydrogens is 320 g/mol. The van der Waals surface area contributed by atoms with Gasteiger partial charge in [-0.2, -0.15) is 4.31 Å². The van der Waals surface area contributed by atoms with Gasteiger partial charge in [0.2, 0.25) is 10.0 Å². The van der Waals surface area contributed by atoms with Crippen LogP contribution in [0, 0.1) is 0 Å². The smallest absolute Gasteiger partial charge is 0.254 e. The van der Waals surface area contributed by atoms with Crippen LogP contribution < -0.4 is 4.74 Å². The summed E-state index contributed by atoms with van der Waals surface area (Å²) in [5, 5.41) is 0.811. The number of fused-ring (bicyclic) bond motifs is 1. The third kappa shape index (κ3) is 3.04. The fraction of sp³-hybridized carbons (Fsp3) is 0.400. The van der Waals surface area contributed by atoms with E-state index in [2.05, 4.69) is 0 Å². The van der Waals surface area contributed by atoms with E-state index in [4.69, 9.17) is 9.15 Å². The van der Waals surface area contributed by atoms with E-state index in [-0.39, 0.29) is 5.91 Å². The predicted molar refractivity (Wildman–Crippen MR) is 85.1 cm³/mol. The average Bonchev–Trinajstić information content (AvgIpc) is 3.01. The van der Waals surface area contributed by atoms with Gasteiger partial charge in [0.1, 0.15) is 11.3 Å². The minimum atomic E-state index is -3.21. The number of nitrogens with zero attached hydrogens (tertiary/aromatic N) is 2. The maximum atomic E-state index is 12.7. The highest BCUT2D eigenvalue weighted by Gasteiger charge is 2.27. The lowest BCUT2D eigenvalue weighted by Crippen LogP contribution is -2.50. The second kappa shape index (κ2) is 5.86. The Kier molecular flexibility index (Phi) is 4.03. The monoisotopic (exact) mass is 338 g/mol. The Hall–Kier alpha value is -2.06. The molecule has 0 atom stereocenters. The molecule has 8 heteroatoms. The van der Waals surface area contributed by atoms with E-state index >= 15 is 0 Å². The molecule has 1 aliphatic rings. The maximum Gasteiger partial charge on any atom is 0.254 e. The second-order valence-electron chi connectivity index (χ2n) is 5.47. The van der Waals surface area contributed by atoms with Crippen LogP contribution in [0.25, 0.3) is 11.0 Å². The summed E-state index contributed by atoms with van der Waals surface area (Å²) < 4.78 is 35.1. The Morgan fingerprint density at radius 2 is 1.91 bits per heavy atom. The van der Waals surface area contributed by atoms with E-state index in [1.807, 2.05) is 0 Å². The van der Waals surface area contributed by atoms with Crippen LogP contribution in [0.4, 0.5) is 0 Å². The zero-order valence-corrected chi connectivity index (χ0v) is 13.8. The first kappa shape index (κ1) is 15.8. The van der Waals surface area contributed by atoms with Crippen molar-refractivity contribution in [2.75, 3.05) is 39.5 Å². The molecule has 7 nitrogen and oxygen atoms in total. The van der Waals surface area contributed by atoms with Gasteiger partial charge in [-0.25, -0.2) is 8.42 Å². The van der Waals surface area contributed by atoms with Gasteiger partial charge in [0.15, 0.2) is 0 Å². The number of ether oxygens (including phenoxy) is 1. The first-order valence-corrected chi connectivity index (χ1v) is 9.04. The molecule has 23 heavy (non-hydrogen) atoms. The van der Waals surface area contributed by atoms with Gasteiger partial charge in [0.05, 0.1) is 25.0 Å². The van der Waals surface area contributed by atoms with Crippen LogP contribution in [0.5, 0.6) is 5.75 Å². The standard InChI is InChI=1S/C15H18N2O5S/c1-21-13-9-11(10-14-12(13)3-8-22-14)15(18)16-4-6-17(7-5-16)23(2,19)20/h3,8-10H,4-7H2,1-2H3. The fourth-order valence-electron chi connectivity index (χ4n) is 2.74. The lowest BCUT2D eigenvalue weighted by molar-refractivity contribution is 0.0698. The number of piperazine rings is 1. The number of methoxy groups -OCH3 is 1. The molecule has 0 radical (unpaired) electrons. The van der Waals surface area contributed by atoms with Crippen molar-refractivity contribution in [2.24, 2.45) is 0 Å². The Morgan fingerprint density at radius 3 is 2.52 bits per heavy atom. The lowest BCUT2D eigenvalue weighted by atomic mass is 10.1. The van der Waals surface area contributed by atoms with Gasteiger partial charge in [-0.05, 0) is 18.2 Å². The van der Waals surface area contributed by atoms with Crippen molar-refractivity contribution in [1.82, 2.24) is 9.21 Å². The number of carbonyl (C=O) groups is 1. The van der Waals surface area contributed by atoms with Crippen molar-refractivity contribution >= 4 is 26.9 Å². The third-order valence-electron chi connectivity index (χ3n) is 4.00. The van der Waals surface area contributed by atoms with E-state index in [1.165, 1.54) is 10.6 Å². The third-order valence-corrected chi connectivity index (χ3v) is 5.30. The van der Waals surface area contributed by atoms with Crippen molar-refractivity contribution in [2.45, 2.75) is 0 Å². The molecule has 1 aromatic carbocycles. The van der Waals surface area contributed by atoms with Gasteiger partial charge in [-0.3, -0.25) is 4.79 Å². The maximum absolute atomic E-state index is 12.7. The number of sulfonamides is 1. The molecule has 2 heterocycles. The van der Waals surface area contributed by atoms with Crippen LogP contribution in [0.3, 0.4) is 0 Å². The number of furan rings is 1. The SMILES string of the molecule is COc1cc(C(=O)N2CCN(S(C)(=O)=O)CC2)cc2occc12. The van der Waals surface area contributed by atoms with Gasteiger partial charge >= 0.3 is 0 Å². The molecule has 0 bridgehead atoms. The van der Waals surface area contributed by atoms with E-state index in [9.17, 15) is 13.2 Å². The molecule has 1 aromatic heterocycles. The fourth-order valence-corrected chi connectivity index (χ4v) is 3.56. The first-order valence-electron chi connectivity index (χ1n) is 7.20. The molecular formula is C15H18N2O5S. The van der Waals surface area contributed by atoms with Crippen LogP contribution >= 0.6 is 0 Å². The summed E-state index contributed by atoms with van der Waals surface area (Å²) >= 11 is 0. The molecule has 3 rings (SSSR count). The zero-order valence-electron chi connectivity index (χ0n) is 13.0. The van der Waals surface area contributed by atoms with E-state index in [0.717, 1.165) is 5.39 Å². The molecule has 0 N–H and O–H groups in total. The van der Waals surface area contributed by atoms with E-state index < -0.39 is 10.0 Å². The highest BCUT2D eigenvalue weighted by molar-refractivity contribution is 7.88. The summed E-state index contributed by atoms with van der Waals surface area (Å²) in [6, 6.07) is 5.15. The van der Waals surface area contributed by atoms with Crippen molar-refractivity contribution in [3.63, 3.8) is 0 Å². The first-order chi connectivity index (χ1) is 10.9. The summed E-state index contributed by atoms with van der Waals surface area (Å²) in [6.07, 6.45) is 2.73. The van der Waals surface area contributed by atoms with Crippen molar-refractivity contribution in [1.29, 1.82) is 0 Å². The molecule has 1 saturated heterocycles. The second-order valence-corrected chi connectivity index (χ2v) is 7.45. The number of hydrogen-bond acceptors (Lipinski definition) is 5. The van der Waals surface area contributed by atoms with Gasteiger partial charge in [0.25, 0.3) is 5.91 Å². The molecule has 1 amide bonds. The van der Waals surface area contributed by atoms with Gasteiger partial charge in [0, 0.05) is 31.7 Å². The summed E-state index contributed by atoms with van der Waals surface area (Å²) in [6.45, 7) is 1.35. The minimum absolute atomic E-state index is 0.158. The Morgan fingerprint density at radius 1 is 1.22 bits per heavy atom. The summed E-state index contributed by atoms with van der Waals surface area (Å²) in [7, 11) is -1.67. The molecule has 1 fully saturated rings. The van der Waals surface area contributed by atoms with Gasteiger partial charge in [-0.15, -0.1) is 0 Å². The lowest BCUT2D eigenvalue weighted by Gasteiger charge is -2.33. The number of rotatable bonds is 3. The summed E-state index contributed by atoms with van der Waals surface area (Å²) in [5.74, 6) is 0.420. The average molecular weight is 338 g/mol. The minimum Gasteiger partial charge on any atom is -0.496 e. The Balaban J connectivity index is 1.81. The van der Waals surface area contributed by atoms with Crippen molar-refractivity contribution < 1.29 is 22.4 Å². The van der Waals surface area contributed by atoms with Crippen molar-refractivity contribution in [3.05, 3.63) is 30.0 Å². The number of amides is 1. The van der Waals surface area contributed by atoms with E-state index in [0.29, 0.717) is 43.1 Å². The largest absolute Gasteiger partial charge is 0.496 e. The van der Waals surface area contributed by atoms with Crippen molar-refractivity contribution in [3.8, 4) is 5.75 Å². The van der Waals surface area contributed by atoms with Crippen LogP contribution in [0.1, 0.15) is 10.4 Å². The van der Waals surface area contributed by atoms with Crippen LogP contribution in [-0.2, 0) is 10.0 Å². The quantitative estimate of drug-likeness (QED) is 0.839. The molecule has 1 aliphatic heterocycles. The molecule has 0 unspecified atom stereocenters. The molecule has 0 aliphatic carbocycles. The number of benzene rings is 1. The van der Waals surface area contributed by atoms with Crippen LogP contribution in [-0.4, -0.2) is 63.1 Å². The van der Waals surface area contributed by atoms with Crippen LogP contribution in [0.2, 0.25) is 0 Å². The van der Waals surface area contributed by atoms with Gasteiger partial charge < -0.3 is 14.1 Å². The topological polar surface area (TPSA) is 80.1 Å². The predicted octanol–water partition coefficient (Wildman–Crippen LogP) is 1.16. The Labute approximate surface area is 134 Å². The van der Waals surface area contributed by atoms with E-state index in [1.54, 1.807) is 36.5 Å². The molecule has 2 aromatic rings. The zero-order chi connectivity index (χ0) is 16.6. The van der Waals surface area contributed by atoms with Crippen LogP contribution in [0.15, 0.2) is 28.9 Å². The number of carbonyl (C=O) groups excluding carboxylic acids is 1.